The first-order valence-corrected chi connectivity index (χ1v) is 4.51. The Morgan fingerprint density at radius 2 is 1.93 bits per heavy atom. The molecule has 0 saturated heterocycles. The van der Waals surface area contributed by atoms with E-state index in [-0.39, 0.29) is 22.5 Å². The number of nitrogens with two attached hydrogens (primary N) is 1. The fourth-order valence-electron chi connectivity index (χ4n) is 1.21. The van der Waals surface area contributed by atoms with Crippen molar-refractivity contribution in [1.82, 2.24) is 0 Å². The van der Waals surface area contributed by atoms with Gasteiger partial charge < -0.3 is 10.8 Å². The number of phenolic OH excluding ortho intramolecular Hbond substituents is 1. The van der Waals surface area contributed by atoms with Crippen LogP contribution in [0.25, 0.3) is 0 Å². The third-order valence-corrected chi connectivity index (χ3v) is 2.20. The Labute approximate surface area is 87.7 Å². The Hall–Kier alpha value is -1.78. The number of benzene rings is 1. The van der Waals surface area contributed by atoms with Crippen LogP contribution in [0.4, 0.5) is 11.4 Å². The van der Waals surface area contributed by atoms with E-state index in [2.05, 4.69) is 0 Å². The van der Waals surface area contributed by atoms with Crippen LogP contribution in [0.1, 0.15) is 26.3 Å². The number of rotatable bonds is 1. The molecule has 0 aliphatic carbocycles. The van der Waals surface area contributed by atoms with E-state index >= 15 is 0 Å². The van der Waals surface area contributed by atoms with Gasteiger partial charge in [-0.3, -0.25) is 10.1 Å². The lowest BCUT2D eigenvalue weighted by Crippen LogP contribution is -2.12. The van der Waals surface area contributed by atoms with Gasteiger partial charge in [0.2, 0.25) is 0 Å². The Morgan fingerprint density at radius 3 is 2.33 bits per heavy atom. The number of aromatic hydroxyl groups is 1. The fourth-order valence-corrected chi connectivity index (χ4v) is 1.21. The van der Waals surface area contributed by atoms with Crippen molar-refractivity contribution < 1.29 is 10.0 Å². The number of hydrogen-bond donors (Lipinski definition) is 2. The van der Waals surface area contributed by atoms with Gasteiger partial charge >= 0.3 is 0 Å². The number of nitrogen functional groups attached to an aromatic ring is 1. The summed E-state index contributed by atoms with van der Waals surface area (Å²) in [5.41, 5.74) is 5.38. The standard InChI is InChI=1S/C10H14N2O3/c1-10(2,3)6-4-7(12(14)15)9(11)8(13)5-6/h4-5,13H,11H2,1-3H3. The first-order chi connectivity index (χ1) is 6.73. The summed E-state index contributed by atoms with van der Waals surface area (Å²) in [4.78, 5) is 10.1. The zero-order chi connectivity index (χ0) is 11.8. The molecule has 5 heteroatoms. The Morgan fingerprint density at radius 1 is 1.40 bits per heavy atom. The molecule has 0 spiro atoms. The molecular weight excluding hydrogens is 196 g/mol. The van der Waals surface area contributed by atoms with Gasteiger partial charge in [-0.25, -0.2) is 0 Å². The van der Waals surface area contributed by atoms with Crippen LogP contribution in [0.3, 0.4) is 0 Å². The molecule has 3 N–H and O–H groups in total. The Balaban J connectivity index is 3.43. The van der Waals surface area contributed by atoms with Crippen molar-refractivity contribution in [3.8, 4) is 5.75 Å². The minimum absolute atomic E-state index is 0.187. The third kappa shape index (κ3) is 2.18. The highest BCUT2D eigenvalue weighted by atomic mass is 16.6. The molecule has 0 unspecified atom stereocenters. The van der Waals surface area contributed by atoms with E-state index in [1.54, 1.807) is 0 Å². The van der Waals surface area contributed by atoms with Crippen LogP contribution >= 0.6 is 0 Å². The number of hydrogen-bond acceptors (Lipinski definition) is 4. The van der Waals surface area contributed by atoms with Crippen LogP contribution < -0.4 is 5.73 Å². The van der Waals surface area contributed by atoms with Gasteiger partial charge in [-0.05, 0) is 17.0 Å². The molecule has 0 fully saturated rings. The van der Waals surface area contributed by atoms with E-state index in [1.165, 1.54) is 12.1 Å². The lowest BCUT2D eigenvalue weighted by atomic mass is 9.86. The maximum Gasteiger partial charge on any atom is 0.296 e. The maximum atomic E-state index is 10.7. The summed E-state index contributed by atoms with van der Waals surface area (Å²) in [5.74, 6) is -0.242. The summed E-state index contributed by atoms with van der Waals surface area (Å²) >= 11 is 0. The second-order valence-electron chi connectivity index (χ2n) is 4.44. The van der Waals surface area contributed by atoms with Crippen molar-refractivity contribution in [1.29, 1.82) is 0 Å². The van der Waals surface area contributed by atoms with Crippen LogP contribution in [0.15, 0.2) is 12.1 Å². The summed E-state index contributed by atoms with van der Waals surface area (Å²) < 4.78 is 0. The molecule has 82 valence electrons. The van der Waals surface area contributed by atoms with Crippen LogP contribution in [-0.4, -0.2) is 10.0 Å². The average Bonchev–Trinajstić information content (AvgIpc) is 2.06. The third-order valence-electron chi connectivity index (χ3n) is 2.20. The monoisotopic (exact) mass is 210 g/mol. The highest BCUT2D eigenvalue weighted by molar-refractivity contribution is 5.68. The van der Waals surface area contributed by atoms with Crippen LogP contribution in [0.2, 0.25) is 0 Å². The highest BCUT2D eigenvalue weighted by Gasteiger charge is 2.22. The molecule has 1 aromatic carbocycles. The summed E-state index contributed by atoms with van der Waals surface area (Å²) in [6, 6.07) is 2.86. The second kappa shape index (κ2) is 3.42. The molecule has 0 amide bonds. The summed E-state index contributed by atoms with van der Waals surface area (Å²) in [5, 5.41) is 20.1. The summed E-state index contributed by atoms with van der Waals surface area (Å²) in [6.45, 7) is 5.71. The van der Waals surface area contributed by atoms with Crippen molar-refractivity contribution in [3.05, 3.63) is 27.8 Å². The smallest absolute Gasteiger partial charge is 0.296 e. The Kier molecular flexibility index (Phi) is 2.57. The molecule has 0 heterocycles. The molecular formula is C10H14N2O3. The van der Waals surface area contributed by atoms with Gasteiger partial charge in [0.05, 0.1) is 4.92 Å². The van der Waals surface area contributed by atoms with Crippen molar-refractivity contribution in [2.24, 2.45) is 0 Å². The van der Waals surface area contributed by atoms with Gasteiger partial charge in [0.15, 0.2) is 5.69 Å². The van der Waals surface area contributed by atoms with Crippen LogP contribution in [0.5, 0.6) is 5.75 Å². The Bertz CT molecular complexity index is 408. The molecule has 1 rings (SSSR count). The molecule has 0 saturated carbocycles. The molecule has 1 aromatic rings. The number of nitrogens with zero attached hydrogens (tertiary/aromatic N) is 1. The SMILES string of the molecule is CC(C)(C)c1cc(O)c(N)c([N+](=O)[O-])c1. The minimum atomic E-state index is -0.593. The lowest BCUT2D eigenvalue weighted by molar-refractivity contribution is -0.384. The largest absolute Gasteiger partial charge is 0.506 e. The van der Waals surface area contributed by atoms with E-state index in [1.807, 2.05) is 20.8 Å². The topological polar surface area (TPSA) is 89.4 Å². The summed E-state index contributed by atoms with van der Waals surface area (Å²) in [6.07, 6.45) is 0. The number of phenols is 1. The predicted molar refractivity (Wildman–Crippen MR) is 57.9 cm³/mol. The van der Waals surface area contributed by atoms with Gasteiger partial charge in [0, 0.05) is 6.07 Å². The van der Waals surface area contributed by atoms with Crippen molar-refractivity contribution >= 4 is 11.4 Å². The average molecular weight is 210 g/mol. The van der Waals surface area contributed by atoms with Crippen LogP contribution in [-0.2, 0) is 5.41 Å². The molecule has 15 heavy (non-hydrogen) atoms. The molecule has 0 aliphatic rings. The normalized spacial score (nSPS) is 11.4. The second-order valence-corrected chi connectivity index (χ2v) is 4.44. The molecule has 0 radical (unpaired) electrons. The lowest BCUT2D eigenvalue weighted by Gasteiger charge is -2.19. The quantitative estimate of drug-likeness (QED) is 0.322. The first kappa shape index (κ1) is 11.3. The van der Waals surface area contributed by atoms with Gasteiger partial charge in [0.1, 0.15) is 5.75 Å². The van der Waals surface area contributed by atoms with E-state index in [4.69, 9.17) is 5.73 Å². The molecule has 0 aromatic heterocycles. The van der Waals surface area contributed by atoms with Crippen molar-refractivity contribution in [3.63, 3.8) is 0 Å². The number of anilines is 1. The van der Waals surface area contributed by atoms with Crippen molar-refractivity contribution in [2.45, 2.75) is 26.2 Å². The van der Waals surface area contributed by atoms with Crippen LogP contribution in [0, 0.1) is 10.1 Å². The van der Waals surface area contributed by atoms with E-state index in [0.29, 0.717) is 5.56 Å². The first-order valence-electron chi connectivity index (χ1n) is 4.51. The van der Waals surface area contributed by atoms with Gasteiger partial charge in [-0.1, -0.05) is 20.8 Å². The van der Waals surface area contributed by atoms with Crippen molar-refractivity contribution in [2.75, 3.05) is 5.73 Å². The van der Waals surface area contributed by atoms with E-state index in [0.717, 1.165) is 0 Å². The van der Waals surface area contributed by atoms with E-state index < -0.39 is 4.92 Å². The van der Waals surface area contributed by atoms with Gasteiger partial charge in [-0.2, -0.15) is 0 Å². The molecule has 0 aliphatic heterocycles. The van der Waals surface area contributed by atoms with Gasteiger partial charge in [0.25, 0.3) is 5.69 Å². The van der Waals surface area contributed by atoms with E-state index in [9.17, 15) is 15.2 Å². The maximum absolute atomic E-state index is 10.7. The number of nitro benzene ring substituents is 1. The molecule has 0 bridgehead atoms. The zero-order valence-corrected chi connectivity index (χ0v) is 8.94. The number of nitro groups is 1. The predicted octanol–water partition coefficient (Wildman–Crippen LogP) is 2.18. The minimum Gasteiger partial charge on any atom is -0.506 e. The molecule has 0 atom stereocenters. The summed E-state index contributed by atoms with van der Waals surface area (Å²) in [7, 11) is 0. The molecule has 5 nitrogen and oxygen atoms in total. The fraction of sp³-hybridized carbons (Fsp3) is 0.400. The van der Waals surface area contributed by atoms with Gasteiger partial charge in [-0.15, -0.1) is 0 Å². The highest BCUT2D eigenvalue weighted by Crippen LogP contribution is 2.36. The zero-order valence-electron chi connectivity index (χ0n) is 8.94.